The predicted octanol–water partition coefficient (Wildman–Crippen LogP) is 3.12. The first-order chi connectivity index (χ1) is 10.2. The third-order valence-electron chi connectivity index (χ3n) is 3.61. The summed E-state index contributed by atoms with van der Waals surface area (Å²) in [6, 6.07) is 14.0. The summed E-state index contributed by atoms with van der Waals surface area (Å²) in [5, 5.41) is 2.66. The maximum absolute atomic E-state index is 13.1. The summed E-state index contributed by atoms with van der Waals surface area (Å²) in [5.74, 6) is -0.254. The van der Waals surface area contributed by atoms with Crippen LogP contribution in [0, 0.1) is 5.82 Å². The van der Waals surface area contributed by atoms with E-state index in [0.717, 1.165) is 17.1 Å². The van der Waals surface area contributed by atoms with Crippen molar-refractivity contribution in [3.05, 3.63) is 54.3 Å². The van der Waals surface area contributed by atoms with Crippen LogP contribution in [0.3, 0.4) is 0 Å². The van der Waals surface area contributed by atoms with E-state index in [4.69, 9.17) is 0 Å². The second-order valence-electron chi connectivity index (χ2n) is 4.82. The van der Waals surface area contributed by atoms with Crippen LogP contribution in [0.4, 0.5) is 26.2 Å². The van der Waals surface area contributed by atoms with Crippen molar-refractivity contribution in [3.8, 4) is 0 Å². The van der Waals surface area contributed by atoms with Crippen LogP contribution in [0.25, 0.3) is 0 Å². The van der Waals surface area contributed by atoms with E-state index in [0.29, 0.717) is 13.1 Å². The molecule has 0 unspecified atom stereocenters. The van der Waals surface area contributed by atoms with E-state index >= 15 is 0 Å². The molecule has 0 bridgehead atoms. The number of nitrogens with zero attached hydrogens (tertiary/aromatic N) is 2. The van der Waals surface area contributed by atoms with Gasteiger partial charge in [-0.2, -0.15) is 0 Å². The summed E-state index contributed by atoms with van der Waals surface area (Å²) in [6.45, 7) is 1.24. The van der Waals surface area contributed by atoms with Gasteiger partial charge in [-0.15, -0.1) is 0 Å². The number of para-hydroxylation sites is 2. The van der Waals surface area contributed by atoms with Gasteiger partial charge in [0.1, 0.15) is 5.82 Å². The molecule has 2 amide bonds. The van der Waals surface area contributed by atoms with Gasteiger partial charge < -0.3 is 10.2 Å². The lowest BCUT2D eigenvalue weighted by atomic mass is 10.1. The van der Waals surface area contributed by atoms with Crippen molar-refractivity contribution in [1.82, 2.24) is 5.32 Å². The molecule has 2 aromatic rings. The van der Waals surface area contributed by atoms with Crippen LogP contribution in [-0.2, 0) is 0 Å². The zero-order chi connectivity index (χ0) is 14.8. The third-order valence-corrected chi connectivity index (χ3v) is 3.61. The fourth-order valence-corrected chi connectivity index (χ4v) is 2.60. The Balaban J connectivity index is 2.02. The minimum absolute atomic E-state index is 0.124. The fraction of sp³-hybridized carbons (Fsp3) is 0.188. The average molecular weight is 285 g/mol. The molecule has 0 saturated heterocycles. The number of nitrogens with one attached hydrogen (secondary N) is 1. The predicted molar refractivity (Wildman–Crippen MR) is 81.6 cm³/mol. The highest BCUT2D eigenvalue weighted by Gasteiger charge is 2.26. The van der Waals surface area contributed by atoms with Gasteiger partial charge in [-0.05, 0) is 36.4 Å². The number of hydrogen-bond donors (Lipinski definition) is 1. The quantitative estimate of drug-likeness (QED) is 0.873. The first-order valence-corrected chi connectivity index (χ1v) is 6.82. The number of hydrogen-bond acceptors (Lipinski definition) is 2. The zero-order valence-corrected chi connectivity index (χ0v) is 11.7. The largest absolute Gasteiger partial charge is 0.341 e. The van der Waals surface area contributed by atoms with Gasteiger partial charge in [-0.25, -0.2) is 9.18 Å². The Morgan fingerprint density at radius 3 is 2.38 bits per heavy atom. The summed E-state index contributed by atoms with van der Waals surface area (Å²) in [7, 11) is 1.62. The second-order valence-corrected chi connectivity index (χ2v) is 4.82. The lowest BCUT2D eigenvalue weighted by Crippen LogP contribution is -2.46. The number of carbonyl (C=O) groups is 1. The van der Waals surface area contributed by atoms with E-state index in [1.54, 1.807) is 24.1 Å². The summed E-state index contributed by atoms with van der Waals surface area (Å²) in [5.41, 5.74) is 2.71. The van der Waals surface area contributed by atoms with Gasteiger partial charge in [0.2, 0.25) is 0 Å². The summed E-state index contributed by atoms with van der Waals surface area (Å²) in [6.07, 6.45) is 0. The van der Waals surface area contributed by atoms with Crippen molar-refractivity contribution >= 4 is 23.1 Å². The normalized spacial score (nSPS) is 13.8. The molecule has 108 valence electrons. The molecule has 5 heteroatoms. The maximum Gasteiger partial charge on any atom is 0.321 e. The van der Waals surface area contributed by atoms with Crippen LogP contribution in [0.2, 0.25) is 0 Å². The Hall–Kier alpha value is -2.56. The van der Waals surface area contributed by atoms with Gasteiger partial charge in [0.05, 0.1) is 11.4 Å². The zero-order valence-electron chi connectivity index (χ0n) is 11.7. The number of urea groups is 1. The van der Waals surface area contributed by atoms with Gasteiger partial charge in [0.15, 0.2) is 0 Å². The molecule has 0 aliphatic carbocycles. The fourth-order valence-electron chi connectivity index (χ4n) is 2.60. The molecule has 0 spiro atoms. The van der Waals surface area contributed by atoms with Gasteiger partial charge in [-0.3, -0.25) is 4.90 Å². The number of amides is 2. The van der Waals surface area contributed by atoms with Crippen molar-refractivity contribution in [1.29, 1.82) is 0 Å². The second kappa shape index (κ2) is 5.44. The van der Waals surface area contributed by atoms with Crippen molar-refractivity contribution < 1.29 is 9.18 Å². The number of fused-ring (bicyclic) bond motifs is 1. The van der Waals surface area contributed by atoms with E-state index in [2.05, 4.69) is 10.2 Å². The minimum atomic E-state index is -0.254. The van der Waals surface area contributed by atoms with E-state index in [-0.39, 0.29) is 11.8 Å². The first kappa shape index (κ1) is 13.4. The summed E-state index contributed by atoms with van der Waals surface area (Å²) in [4.78, 5) is 15.8. The number of carbonyl (C=O) groups excluding carboxylic acids is 1. The Kier molecular flexibility index (Phi) is 3.48. The molecule has 0 fully saturated rings. The Bertz CT molecular complexity index is 657. The van der Waals surface area contributed by atoms with Crippen LogP contribution in [-0.4, -0.2) is 26.2 Å². The first-order valence-electron chi connectivity index (χ1n) is 6.82. The van der Waals surface area contributed by atoms with Gasteiger partial charge in [-0.1, -0.05) is 12.1 Å². The molecule has 1 aliphatic heterocycles. The lowest BCUT2D eigenvalue weighted by molar-refractivity contribution is 0.248. The molecule has 1 N–H and O–H groups in total. The standard InChI is InChI=1S/C16H16FN3O/c1-18-16(21)20-11-10-19(13-8-6-12(17)7-9-13)14-4-2-3-5-15(14)20/h2-9H,10-11H2,1H3,(H,18,21). The van der Waals surface area contributed by atoms with Crippen LogP contribution in [0.1, 0.15) is 0 Å². The van der Waals surface area contributed by atoms with Crippen molar-refractivity contribution in [2.45, 2.75) is 0 Å². The summed E-state index contributed by atoms with van der Waals surface area (Å²) >= 11 is 0. The van der Waals surface area contributed by atoms with Gasteiger partial charge in [0, 0.05) is 25.8 Å². The number of anilines is 3. The van der Waals surface area contributed by atoms with E-state index in [9.17, 15) is 9.18 Å². The number of halogens is 1. The molecule has 1 heterocycles. The Morgan fingerprint density at radius 1 is 1.05 bits per heavy atom. The molecular weight excluding hydrogens is 269 g/mol. The van der Waals surface area contributed by atoms with Crippen LogP contribution < -0.4 is 15.1 Å². The molecule has 0 saturated carbocycles. The maximum atomic E-state index is 13.1. The van der Waals surface area contributed by atoms with Crippen LogP contribution in [0.5, 0.6) is 0 Å². The smallest absolute Gasteiger partial charge is 0.321 e. The van der Waals surface area contributed by atoms with E-state index in [1.165, 1.54) is 12.1 Å². The monoisotopic (exact) mass is 285 g/mol. The molecule has 0 aromatic heterocycles. The Morgan fingerprint density at radius 2 is 1.71 bits per heavy atom. The number of rotatable bonds is 1. The molecule has 0 radical (unpaired) electrons. The molecule has 1 aliphatic rings. The summed E-state index contributed by atoms with van der Waals surface area (Å²) < 4.78 is 13.1. The van der Waals surface area contributed by atoms with Crippen molar-refractivity contribution in [2.75, 3.05) is 29.9 Å². The van der Waals surface area contributed by atoms with Gasteiger partial charge >= 0.3 is 6.03 Å². The third kappa shape index (κ3) is 2.42. The Labute approximate surface area is 122 Å². The minimum Gasteiger partial charge on any atom is -0.341 e. The van der Waals surface area contributed by atoms with Crippen LogP contribution in [0.15, 0.2) is 48.5 Å². The van der Waals surface area contributed by atoms with E-state index in [1.807, 2.05) is 24.3 Å². The SMILES string of the molecule is CNC(=O)N1CCN(c2ccc(F)cc2)c2ccccc21. The number of benzene rings is 2. The molecule has 3 rings (SSSR count). The molecule has 0 atom stereocenters. The highest BCUT2D eigenvalue weighted by molar-refractivity contribution is 5.97. The van der Waals surface area contributed by atoms with Gasteiger partial charge in [0.25, 0.3) is 0 Å². The topological polar surface area (TPSA) is 35.6 Å². The van der Waals surface area contributed by atoms with Crippen molar-refractivity contribution in [3.63, 3.8) is 0 Å². The molecule has 2 aromatic carbocycles. The lowest BCUT2D eigenvalue weighted by Gasteiger charge is -2.37. The highest BCUT2D eigenvalue weighted by atomic mass is 19.1. The molecular formula is C16H16FN3O. The van der Waals surface area contributed by atoms with Crippen LogP contribution >= 0.6 is 0 Å². The average Bonchev–Trinajstić information content (AvgIpc) is 2.54. The highest BCUT2D eigenvalue weighted by Crippen LogP contribution is 2.37. The van der Waals surface area contributed by atoms with E-state index < -0.39 is 0 Å². The molecule has 4 nitrogen and oxygen atoms in total. The molecule has 21 heavy (non-hydrogen) atoms. The van der Waals surface area contributed by atoms with Crippen molar-refractivity contribution in [2.24, 2.45) is 0 Å².